The quantitative estimate of drug-likeness (QED) is 0.665. The molecule has 0 bridgehead atoms. The van der Waals surface area contributed by atoms with Crippen molar-refractivity contribution in [2.24, 2.45) is 0 Å². The molecule has 0 aliphatic carbocycles. The average Bonchev–Trinajstić information content (AvgIpc) is 2.63. The zero-order valence-corrected chi connectivity index (χ0v) is 12.8. The van der Waals surface area contributed by atoms with E-state index in [1.165, 1.54) is 6.07 Å². The van der Waals surface area contributed by atoms with Gasteiger partial charge in [-0.15, -0.1) is 11.3 Å². The van der Waals surface area contributed by atoms with E-state index < -0.39 is 0 Å². The van der Waals surface area contributed by atoms with Crippen LogP contribution < -0.4 is 0 Å². The van der Waals surface area contributed by atoms with Crippen molar-refractivity contribution in [1.29, 1.82) is 0 Å². The molecule has 2 rings (SSSR count). The summed E-state index contributed by atoms with van der Waals surface area (Å²) in [4.78, 5) is 12.0. The lowest BCUT2D eigenvalue weighted by Crippen LogP contribution is -2.02. The van der Waals surface area contributed by atoms with Crippen LogP contribution in [0.15, 0.2) is 28.7 Å². The maximum absolute atomic E-state index is 13.1. The number of thiophene rings is 1. The highest BCUT2D eigenvalue weighted by atomic mass is 79.9. The molecule has 6 heteroatoms. The lowest BCUT2D eigenvalue weighted by atomic mass is 10.1. The van der Waals surface area contributed by atoms with Gasteiger partial charge >= 0.3 is 0 Å². The number of rotatable bonds is 3. The molecule has 0 aliphatic heterocycles. The lowest BCUT2D eigenvalue weighted by molar-refractivity contribution is 0.0993. The van der Waals surface area contributed by atoms with Crippen molar-refractivity contribution < 1.29 is 9.18 Å². The van der Waals surface area contributed by atoms with Crippen LogP contribution in [-0.4, -0.2) is 5.78 Å². The third kappa shape index (κ3) is 3.12. The van der Waals surface area contributed by atoms with Crippen molar-refractivity contribution in [2.75, 3.05) is 0 Å². The highest BCUT2D eigenvalue weighted by molar-refractivity contribution is 9.10. The summed E-state index contributed by atoms with van der Waals surface area (Å²) in [5.41, 5.74) is 1.12. The first-order chi connectivity index (χ1) is 8.47. The predicted molar refractivity (Wildman–Crippen MR) is 76.5 cm³/mol. The lowest BCUT2D eigenvalue weighted by Gasteiger charge is -2.02. The van der Waals surface area contributed by atoms with Gasteiger partial charge in [-0.2, -0.15) is 0 Å². The van der Waals surface area contributed by atoms with E-state index in [1.807, 2.05) is 0 Å². The molecule has 0 N–H and O–H groups in total. The molecule has 0 saturated heterocycles. The van der Waals surface area contributed by atoms with Gasteiger partial charge in [-0.1, -0.05) is 29.3 Å². The summed E-state index contributed by atoms with van der Waals surface area (Å²) in [6.07, 6.45) is 0.158. The Morgan fingerprint density at radius 1 is 1.33 bits per heavy atom. The van der Waals surface area contributed by atoms with E-state index in [1.54, 1.807) is 18.2 Å². The number of hydrogen-bond acceptors (Lipinski definition) is 2. The monoisotopic (exact) mass is 366 g/mol. The third-order valence-corrected chi connectivity index (χ3v) is 4.40. The normalized spacial score (nSPS) is 10.7. The second kappa shape index (κ2) is 5.70. The third-order valence-electron chi connectivity index (χ3n) is 2.31. The minimum atomic E-state index is -0.359. The minimum absolute atomic E-state index is 0.137. The van der Waals surface area contributed by atoms with E-state index in [4.69, 9.17) is 23.2 Å². The van der Waals surface area contributed by atoms with Crippen molar-refractivity contribution in [3.05, 3.63) is 54.4 Å². The molecule has 1 nitrogen and oxygen atoms in total. The molecule has 0 aliphatic rings. The molecular formula is C12H6BrCl2FOS. The second-order valence-corrected chi connectivity index (χ2v) is 6.73. The van der Waals surface area contributed by atoms with E-state index in [2.05, 4.69) is 15.9 Å². The van der Waals surface area contributed by atoms with E-state index in [0.29, 0.717) is 24.3 Å². The van der Waals surface area contributed by atoms with Crippen molar-refractivity contribution in [2.45, 2.75) is 6.42 Å². The molecule has 0 unspecified atom stereocenters. The summed E-state index contributed by atoms with van der Waals surface area (Å²) < 4.78 is 14.2. The maximum Gasteiger partial charge on any atom is 0.169 e. The van der Waals surface area contributed by atoms with Crippen LogP contribution in [0.25, 0.3) is 0 Å². The number of halogens is 4. The Kier molecular flexibility index (Phi) is 4.43. The first kappa shape index (κ1) is 14.0. The standard InChI is InChI=1S/C12H6BrCl2FOS/c13-8-3-6(1-2-9(8)16)4-10(17)7-5-11(14)18-12(7)15/h1-3,5H,4H2. The van der Waals surface area contributed by atoms with Crippen molar-refractivity contribution in [3.63, 3.8) is 0 Å². The largest absolute Gasteiger partial charge is 0.294 e. The van der Waals surface area contributed by atoms with E-state index in [9.17, 15) is 9.18 Å². The number of ketones is 1. The van der Waals surface area contributed by atoms with Gasteiger partial charge in [-0.25, -0.2) is 4.39 Å². The first-order valence-corrected chi connectivity index (χ1v) is 7.26. The van der Waals surface area contributed by atoms with E-state index in [-0.39, 0.29) is 18.0 Å². The van der Waals surface area contributed by atoms with Gasteiger partial charge in [-0.05, 0) is 39.7 Å². The van der Waals surface area contributed by atoms with Gasteiger partial charge in [0.1, 0.15) is 10.2 Å². The Morgan fingerprint density at radius 3 is 2.61 bits per heavy atom. The summed E-state index contributed by atoms with van der Waals surface area (Å²) in [5.74, 6) is -0.496. The van der Waals surface area contributed by atoms with Gasteiger partial charge in [0.15, 0.2) is 5.78 Å². The van der Waals surface area contributed by atoms with Crippen LogP contribution in [-0.2, 0) is 6.42 Å². The van der Waals surface area contributed by atoms with Crippen LogP contribution in [0.5, 0.6) is 0 Å². The first-order valence-electron chi connectivity index (χ1n) is 4.89. The minimum Gasteiger partial charge on any atom is -0.294 e. The molecule has 1 aromatic heterocycles. The molecule has 0 saturated carbocycles. The highest BCUT2D eigenvalue weighted by Gasteiger charge is 2.15. The van der Waals surface area contributed by atoms with Gasteiger partial charge in [0.05, 0.1) is 8.81 Å². The summed E-state index contributed by atoms with van der Waals surface area (Å²) in [6.45, 7) is 0. The predicted octanol–water partition coefficient (Wildman–Crippen LogP) is 5.38. The van der Waals surface area contributed by atoms with Gasteiger partial charge < -0.3 is 0 Å². The maximum atomic E-state index is 13.1. The molecule has 2 aromatic rings. The van der Waals surface area contributed by atoms with Gasteiger partial charge in [-0.3, -0.25) is 4.79 Å². The Morgan fingerprint density at radius 2 is 2.06 bits per heavy atom. The molecule has 0 spiro atoms. The summed E-state index contributed by atoms with van der Waals surface area (Å²) in [7, 11) is 0. The molecule has 1 heterocycles. The van der Waals surface area contributed by atoms with Crippen LogP contribution in [0.4, 0.5) is 4.39 Å². The smallest absolute Gasteiger partial charge is 0.169 e. The van der Waals surface area contributed by atoms with Crippen LogP contribution >= 0.6 is 50.5 Å². The van der Waals surface area contributed by atoms with E-state index >= 15 is 0 Å². The van der Waals surface area contributed by atoms with Crippen LogP contribution in [0.2, 0.25) is 8.67 Å². The zero-order chi connectivity index (χ0) is 13.3. The SMILES string of the molecule is O=C(Cc1ccc(F)c(Br)c1)c1cc(Cl)sc1Cl. The Hall–Kier alpha value is -0.420. The number of benzene rings is 1. The van der Waals surface area contributed by atoms with Crippen LogP contribution in [0.1, 0.15) is 15.9 Å². The average molecular weight is 368 g/mol. The molecule has 1 aromatic carbocycles. The van der Waals surface area contributed by atoms with Crippen molar-refractivity contribution >= 4 is 56.3 Å². The highest BCUT2D eigenvalue weighted by Crippen LogP contribution is 2.32. The zero-order valence-electron chi connectivity index (χ0n) is 8.84. The second-order valence-electron chi connectivity index (χ2n) is 3.59. The fourth-order valence-electron chi connectivity index (χ4n) is 1.46. The molecule has 0 fully saturated rings. The van der Waals surface area contributed by atoms with Crippen molar-refractivity contribution in [1.82, 2.24) is 0 Å². The Bertz CT molecular complexity index is 612. The fourth-order valence-corrected chi connectivity index (χ4v) is 3.39. The fraction of sp³-hybridized carbons (Fsp3) is 0.0833. The molecule has 0 amide bonds. The number of carbonyl (C=O) groups excluding carboxylic acids is 1. The summed E-state index contributed by atoms with van der Waals surface area (Å²) in [6, 6.07) is 6.01. The van der Waals surface area contributed by atoms with Gasteiger partial charge in [0.2, 0.25) is 0 Å². The molecular weight excluding hydrogens is 362 g/mol. The number of hydrogen-bond donors (Lipinski definition) is 0. The molecule has 0 atom stereocenters. The molecule has 94 valence electrons. The topological polar surface area (TPSA) is 17.1 Å². The summed E-state index contributed by atoms with van der Waals surface area (Å²) >= 11 is 15.9. The Labute approximate surface area is 126 Å². The molecule has 18 heavy (non-hydrogen) atoms. The van der Waals surface area contributed by atoms with Crippen LogP contribution in [0.3, 0.4) is 0 Å². The summed E-state index contributed by atoms with van der Waals surface area (Å²) in [5, 5.41) is 0. The Balaban J connectivity index is 2.21. The van der Waals surface area contributed by atoms with Crippen molar-refractivity contribution in [3.8, 4) is 0 Å². The number of carbonyl (C=O) groups is 1. The van der Waals surface area contributed by atoms with Crippen LogP contribution in [0, 0.1) is 5.82 Å². The number of Topliss-reactive ketones (excluding diaryl/α,β-unsaturated/α-hetero) is 1. The van der Waals surface area contributed by atoms with Gasteiger partial charge in [0, 0.05) is 12.0 Å². The van der Waals surface area contributed by atoms with Gasteiger partial charge in [0.25, 0.3) is 0 Å². The molecule has 0 radical (unpaired) electrons. The van der Waals surface area contributed by atoms with E-state index in [0.717, 1.165) is 11.3 Å².